The van der Waals surface area contributed by atoms with Crippen molar-refractivity contribution in [2.75, 3.05) is 10.6 Å². The van der Waals surface area contributed by atoms with E-state index in [4.69, 9.17) is 0 Å². The van der Waals surface area contributed by atoms with Gasteiger partial charge in [-0.15, -0.1) is 0 Å². The molecule has 0 heterocycles. The standard InChI is InChI=1S/C24H19N3O3/c28-24(26-23-12-6-10-18-9-4-5-11-20(18)23)21-15-19(27(29)30)13-14-22(21)25-16-17-7-2-1-3-8-17/h1-15,25H,16H2,(H,26,28). The molecule has 0 spiro atoms. The fraction of sp³-hybridized carbons (Fsp3) is 0.0417. The minimum atomic E-state index is -0.504. The maximum Gasteiger partial charge on any atom is 0.270 e. The van der Waals surface area contributed by atoms with E-state index in [-0.39, 0.29) is 11.3 Å². The Labute approximate surface area is 173 Å². The number of carbonyl (C=O) groups excluding carboxylic acids is 1. The minimum Gasteiger partial charge on any atom is -0.380 e. The number of nitro benzene ring substituents is 1. The number of carbonyl (C=O) groups is 1. The zero-order chi connectivity index (χ0) is 20.9. The van der Waals surface area contributed by atoms with Gasteiger partial charge in [0, 0.05) is 35.4 Å². The molecule has 1 amide bonds. The number of fused-ring (bicyclic) bond motifs is 1. The van der Waals surface area contributed by atoms with Crippen LogP contribution in [0.25, 0.3) is 10.8 Å². The van der Waals surface area contributed by atoms with Gasteiger partial charge in [-0.1, -0.05) is 66.7 Å². The Balaban J connectivity index is 1.65. The summed E-state index contributed by atoms with van der Waals surface area (Å²) in [6.07, 6.45) is 0. The second-order valence-corrected chi connectivity index (χ2v) is 6.81. The van der Waals surface area contributed by atoms with Crippen LogP contribution in [0.5, 0.6) is 0 Å². The molecule has 6 heteroatoms. The molecule has 0 atom stereocenters. The molecule has 4 rings (SSSR count). The first-order chi connectivity index (χ1) is 14.6. The van der Waals surface area contributed by atoms with Gasteiger partial charge >= 0.3 is 0 Å². The highest BCUT2D eigenvalue weighted by Crippen LogP contribution is 2.27. The number of nitrogens with one attached hydrogen (secondary N) is 2. The summed E-state index contributed by atoms with van der Waals surface area (Å²) in [7, 11) is 0. The van der Waals surface area contributed by atoms with Gasteiger partial charge in [-0.05, 0) is 23.1 Å². The summed E-state index contributed by atoms with van der Waals surface area (Å²) in [6.45, 7) is 0.493. The Morgan fingerprint density at radius 2 is 1.57 bits per heavy atom. The number of anilines is 2. The van der Waals surface area contributed by atoms with Crippen LogP contribution in [0.15, 0.2) is 91.0 Å². The van der Waals surface area contributed by atoms with Crippen molar-refractivity contribution in [2.24, 2.45) is 0 Å². The van der Waals surface area contributed by atoms with Gasteiger partial charge in [0.25, 0.3) is 11.6 Å². The lowest BCUT2D eigenvalue weighted by Gasteiger charge is -2.13. The summed E-state index contributed by atoms with van der Waals surface area (Å²) in [4.78, 5) is 23.8. The molecular weight excluding hydrogens is 378 g/mol. The lowest BCUT2D eigenvalue weighted by molar-refractivity contribution is -0.384. The van der Waals surface area contributed by atoms with Crippen LogP contribution in [0.3, 0.4) is 0 Å². The quantitative estimate of drug-likeness (QED) is 0.327. The first kappa shape index (κ1) is 19.1. The molecule has 0 saturated carbocycles. The smallest absolute Gasteiger partial charge is 0.270 e. The summed E-state index contributed by atoms with van der Waals surface area (Å²) in [5.41, 5.74) is 2.30. The van der Waals surface area contributed by atoms with Gasteiger partial charge in [0.2, 0.25) is 0 Å². The second kappa shape index (κ2) is 8.45. The average Bonchev–Trinajstić information content (AvgIpc) is 2.78. The van der Waals surface area contributed by atoms with Crippen molar-refractivity contribution in [1.82, 2.24) is 0 Å². The second-order valence-electron chi connectivity index (χ2n) is 6.81. The molecule has 0 saturated heterocycles. The highest BCUT2D eigenvalue weighted by molar-refractivity contribution is 6.12. The van der Waals surface area contributed by atoms with Gasteiger partial charge in [0.15, 0.2) is 0 Å². The van der Waals surface area contributed by atoms with Crippen molar-refractivity contribution in [3.63, 3.8) is 0 Å². The van der Waals surface area contributed by atoms with Gasteiger partial charge < -0.3 is 10.6 Å². The Kier molecular flexibility index (Phi) is 5.39. The third-order valence-corrected chi connectivity index (χ3v) is 4.82. The van der Waals surface area contributed by atoms with Crippen LogP contribution in [-0.4, -0.2) is 10.8 Å². The summed E-state index contributed by atoms with van der Waals surface area (Å²) in [5, 5.41) is 19.3. The molecule has 0 bridgehead atoms. The molecule has 4 aromatic carbocycles. The largest absolute Gasteiger partial charge is 0.380 e. The van der Waals surface area contributed by atoms with E-state index in [1.807, 2.05) is 72.8 Å². The minimum absolute atomic E-state index is 0.136. The van der Waals surface area contributed by atoms with Gasteiger partial charge in [0.05, 0.1) is 10.5 Å². The number of benzene rings is 4. The Bertz CT molecular complexity index is 1220. The molecule has 0 fully saturated rings. The highest BCUT2D eigenvalue weighted by atomic mass is 16.6. The lowest BCUT2D eigenvalue weighted by atomic mass is 10.1. The van der Waals surface area contributed by atoms with Gasteiger partial charge in [-0.25, -0.2) is 0 Å². The van der Waals surface area contributed by atoms with Gasteiger partial charge in [-0.2, -0.15) is 0 Å². The number of hydrogen-bond donors (Lipinski definition) is 2. The van der Waals surface area contributed by atoms with Crippen molar-refractivity contribution in [1.29, 1.82) is 0 Å². The summed E-state index contributed by atoms with van der Waals surface area (Å²) in [5.74, 6) is -0.411. The third-order valence-electron chi connectivity index (χ3n) is 4.82. The van der Waals surface area contributed by atoms with E-state index >= 15 is 0 Å². The molecule has 0 aliphatic carbocycles. The zero-order valence-electron chi connectivity index (χ0n) is 16.0. The molecule has 0 aromatic heterocycles. The van der Waals surface area contributed by atoms with Crippen LogP contribution in [0.2, 0.25) is 0 Å². The molecule has 148 valence electrons. The summed E-state index contributed by atoms with van der Waals surface area (Å²) < 4.78 is 0. The SMILES string of the molecule is O=C(Nc1cccc2ccccc12)c1cc([N+](=O)[O-])ccc1NCc1ccccc1. The van der Waals surface area contributed by atoms with Crippen molar-refractivity contribution < 1.29 is 9.72 Å². The molecule has 0 unspecified atom stereocenters. The fourth-order valence-corrected chi connectivity index (χ4v) is 3.31. The highest BCUT2D eigenvalue weighted by Gasteiger charge is 2.18. The van der Waals surface area contributed by atoms with E-state index in [1.165, 1.54) is 12.1 Å². The van der Waals surface area contributed by atoms with Crippen LogP contribution in [-0.2, 0) is 6.54 Å². The summed E-state index contributed by atoms with van der Waals surface area (Å²) >= 11 is 0. The van der Waals surface area contributed by atoms with Gasteiger partial charge in [-0.3, -0.25) is 14.9 Å². The number of rotatable bonds is 6. The molecule has 0 radical (unpaired) electrons. The number of amides is 1. The molecule has 0 aliphatic rings. The van der Waals surface area contributed by atoms with Crippen LogP contribution in [0.4, 0.5) is 17.1 Å². The topological polar surface area (TPSA) is 84.3 Å². The van der Waals surface area contributed by atoms with E-state index in [0.29, 0.717) is 17.9 Å². The van der Waals surface area contributed by atoms with E-state index in [9.17, 15) is 14.9 Å². The molecule has 6 nitrogen and oxygen atoms in total. The maximum absolute atomic E-state index is 13.1. The van der Waals surface area contributed by atoms with Crippen molar-refractivity contribution in [3.05, 3.63) is 112 Å². The van der Waals surface area contributed by atoms with E-state index < -0.39 is 10.8 Å². The molecule has 0 aliphatic heterocycles. The van der Waals surface area contributed by atoms with Crippen molar-refractivity contribution >= 4 is 33.7 Å². The zero-order valence-corrected chi connectivity index (χ0v) is 16.0. The Morgan fingerprint density at radius 1 is 0.833 bits per heavy atom. The number of non-ortho nitro benzene ring substituents is 1. The number of nitrogens with zero attached hydrogens (tertiary/aromatic N) is 1. The van der Waals surface area contributed by atoms with E-state index in [2.05, 4.69) is 10.6 Å². The van der Waals surface area contributed by atoms with Crippen LogP contribution < -0.4 is 10.6 Å². The number of nitro groups is 1. The lowest BCUT2D eigenvalue weighted by Crippen LogP contribution is -2.15. The maximum atomic E-state index is 13.1. The van der Waals surface area contributed by atoms with Crippen LogP contribution in [0, 0.1) is 10.1 Å². The predicted molar refractivity (Wildman–Crippen MR) is 119 cm³/mol. The van der Waals surface area contributed by atoms with Crippen molar-refractivity contribution in [3.8, 4) is 0 Å². The van der Waals surface area contributed by atoms with Crippen LogP contribution in [0.1, 0.15) is 15.9 Å². The first-order valence-corrected chi connectivity index (χ1v) is 9.47. The van der Waals surface area contributed by atoms with Gasteiger partial charge in [0.1, 0.15) is 0 Å². The van der Waals surface area contributed by atoms with E-state index in [0.717, 1.165) is 16.3 Å². The first-order valence-electron chi connectivity index (χ1n) is 9.47. The average molecular weight is 397 g/mol. The third kappa shape index (κ3) is 4.12. The fourth-order valence-electron chi connectivity index (χ4n) is 3.31. The molecule has 4 aromatic rings. The Morgan fingerprint density at radius 3 is 2.37 bits per heavy atom. The predicted octanol–water partition coefficient (Wildman–Crippen LogP) is 5.61. The van der Waals surface area contributed by atoms with Crippen molar-refractivity contribution in [2.45, 2.75) is 6.54 Å². The van der Waals surface area contributed by atoms with E-state index in [1.54, 1.807) is 6.07 Å². The van der Waals surface area contributed by atoms with Crippen LogP contribution >= 0.6 is 0 Å². The monoisotopic (exact) mass is 397 g/mol. The Hall–Kier alpha value is -4.19. The summed E-state index contributed by atoms with van der Waals surface area (Å²) in [6, 6.07) is 27.3. The number of hydrogen-bond acceptors (Lipinski definition) is 4. The molecular formula is C24H19N3O3. The molecule has 30 heavy (non-hydrogen) atoms. The molecule has 2 N–H and O–H groups in total. The normalized spacial score (nSPS) is 10.5.